The monoisotopic (exact) mass is 358 g/mol. The number of aromatic nitrogens is 2. The van der Waals surface area contributed by atoms with E-state index in [-0.39, 0.29) is 25.0 Å². The number of hydrogen-bond acceptors (Lipinski definition) is 2. The second kappa shape index (κ2) is 3.82. The molecular formula is C9H6BrF3N2Se. The number of nitrogens with zero attached hydrogens (tertiary/aromatic N) is 2. The molecule has 1 aromatic carbocycles. The molecule has 1 heterocycles. The van der Waals surface area contributed by atoms with Crippen LogP contribution < -0.4 is 0 Å². The van der Waals surface area contributed by atoms with Gasteiger partial charge in [-0.3, -0.25) is 0 Å². The molecule has 0 aliphatic carbocycles. The van der Waals surface area contributed by atoms with Gasteiger partial charge >= 0.3 is 104 Å². The van der Waals surface area contributed by atoms with Crippen LogP contribution in [-0.4, -0.2) is 22.9 Å². The summed E-state index contributed by atoms with van der Waals surface area (Å²) in [6.07, 6.45) is -4.37. The van der Waals surface area contributed by atoms with Gasteiger partial charge in [-0.05, 0) is 0 Å². The van der Waals surface area contributed by atoms with E-state index in [0.717, 1.165) is 0 Å². The predicted molar refractivity (Wildman–Crippen MR) is 58.7 cm³/mol. The predicted octanol–water partition coefficient (Wildman–Crippen LogP) is 3.08. The molecular weight excluding hydrogens is 352 g/mol. The van der Waals surface area contributed by atoms with Gasteiger partial charge in [-0.2, -0.15) is 0 Å². The molecule has 16 heavy (non-hydrogen) atoms. The molecule has 0 atom stereocenters. The van der Waals surface area contributed by atoms with Crippen LogP contribution in [0.2, 0.25) is 0 Å². The quantitative estimate of drug-likeness (QED) is 0.677. The van der Waals surface area contributed by atoms with E-state index in [9.17, 15) is 13.2 Å². The Morgan fingerprint density at radius 1 is 1.06 bits per heavy atom. The topological polar surface area (TPSA) is 25.8 Å². The van der Waals surface area contributed by atoms with Crippen LogP contribution >= 0.6 is 15.9 Å². The molecule has 0 spiro atoms. The van der Waals surface area contributed by atoms with Crippen LogP contribution in [0, 0.1) is 13.8 Å². The average molecular weight is 358 g/mol. The minimum absolute atomic E-state index is 0.0768. The Balaban J connectivity index is 2.94. The van der Waals surface area contributed by atoms with Crippen LogP contribution in [0.1, 0.15) is 16.7 Å². The summed E-state index contributed by atoms with van der Waals surface area (Å²) in [5, 5.41) is 0. The van der Waals surface area contributed by atoms with Gasteiger partial charge in [0.1, 0.15) is 0 Å². The zero-order valence-corrected chi connectivity index (χ0v) is 11.6. The molecule has 0 aliphatic rings. The van der Waals surface area contributed by atoms with Crippen LogP contribution in [0.15, 0.2) is 4.47 Å². The molecule has 0 unspecified atom stereocenters. The summed E-state index contributed by atoms with van der Waals surface area (Å²) in [5.74, 6) is 0. The van der Waals surface area contributed by atoms with Crippen LogP contribution in [0.3, 0.4) is 0 Å². The molecule has 2 rings (SSSR count). The van der Waals surface area contributed by atoms with Gasteiger partial charge in [-0.1, -0.05) is 0 Å². The van der Waals surface area contributed by atoms with E-state index >= 15 is 0 Å². The van der Waals surface area contributed by atoms with Gasteiger partial charge in [0.05, 0.1) is 0 Å². The first-order chi connectivity index (χ1) is 7.34. The maximum absolute atomic E-state index is 12.9. The second-order valence-electron chi connectivity index (χ2n) is 3.40. The molecule has 0 radical (unpaired) electrons. The third kappa shape index (κ3) is 1.71. The second-order valence-corrected chi connectivity index (χ2v) is 5.30. The van der Waals surface area contributed by atoms with Gasteiger partial charge in [0.25, 0.3) is 0 Å². The Hall–Kier alpha value is -0.391. The van der Waals surface area contributed by atoms with Gasteiger partial charge in [0.2, 0.25) is 0 Å². The van der Waals surface area contributed by atoms with E-state index < -0.39 is 11.7 Å². The van der Waals surface area contributed by atoms with Crippen molar-refractivity contribution in [3.63, 3.8) is 0 Å². The van der Waals surface area contributed by atoms with E-state index in [1.807, 2.05) is 0 Å². The van der Waals surface area contributed by atoms with E-state index in [1.54, 1.807) is 6.92 Å². The van der Waals surface area contributed by atoms with Crippen molar-refractivity contribution in [2.75, 3.05) is 0 Å². The fourth-order valence-electron chi connectivity index (χ4n) is 1.59. The van der Waals surface area contributed by atoms with Crippen molar-refractivity contribution in [3.05, 3.63) is 21.2 Å². The fraction of sp³-hybridized carbons (Fsp3) is 0.333. The van der Waals surface area contributed by atoms with Gasteiger partial charge in [0.15, 0.2) is 0 Å². The Kier molecular flexibility index (Phi) is 2.88. The van der Waals surface area contributed by atoms with E-state index in [0.29, 0.717) is 16.6 Å². The first-order valence-electron chi connectivity index (χ1n) is 4.32. The molecule has 0 saturated heterocycles. The van der Waals surface area contributed by atoms with E-state index in [4.69, 9.17) is 0 Å². The molecule has 7 heteroatoms. The summed E-state index contributed by atoms with van der Waals surface area (Å²) >= 11 is 2.69. The zero-order chi connectivity index (χ0) is 12.1. The number of benzene rings is 1. The molecule has 0 N–H and O–H groups in total. The molecule has 1 aromatic heterocycles. The van der Waals surface area contributed by atoms with E-state index in [1.165, 1.54) is 6.92 Å². The van der Waals surface area contributed by atoms with Crippen molar-refractivity contribution in [3.8, 4) is 0 Å². The molecule has 0 fully saturated rings. The van der Waals surface area contributed by atoms with Crippen LogP contribution in [0.25, 0.3) is 11.0 Å². The van der Waals surface area contributed by atoms with Crippen LogP contribution in [0.5, 0.6) is 0 Å². The SMILES string of the molecule is Cc1c(Br)c(C(F)(F)F)c(C)c2n[se]nc12. The summed E-state index contributed by atoms with van der Waals surface area (Å²) in [6, 6.07) is 0. The van der Waals surface area contributed by atoms with Crippen LogP contribution in [0.4, 0.5) is 13.2 Å². The third-order valence-electron chi connectivity index (χ3n) is 2.41. The zero-order valence-electron chi connectivity index (χ0n) is 8.31. The molecule has 0 bridgehead atoms. The Bertz CT molecular complexity index is 562. The van der Waals surface area contributed by atoms with Crippen molar-refractivity contribution >= 4 is 41.9 Å². The Labute approximate surface area is 104 Å². The van der Waals surface area contributed by atoms with Gasteiger partial charge in [0, 0.05) is 0 Å². The van der Waals surface area contributed by atoms with Crippen molar-refractivity contribution < 1.29 is 13.2 Å². The van der Waals surface area contributed by atoms with Gasteiger partial charge in [-0.15, -0.1) is 0 Å². The Morgan fingerprint density at radius 2 is 1.56 bits per heavy atom. The summed E-state index contributed by atoms with van der Waals surface area (Å²) in [5.41, 5.74) is 1.02. The molecule has 2 aromatic rings. The molecule has 0 aliphatic heterocycles. The van der Waals surface area contributed by atoms with Gasteiger partial charge < -0.3 is 0 Å². The number of halogens is 4. The Morgan fingerprint density at radius 3 is 2.06 bits per heavy atom. The standard InChI is InChI=1S/C9H6BrF3N2Se/c1-3-5(9(11,12)13)6(10)4(2)8-7(3)14-16-15-8/h1-2H3. The van der Waals surface area contributed by atoms with Crippen molar-refractivity contribution in [2.45, 2.75) is 20.0 Å². The number of fused-ring (bicyclic) bond motifs is 1. The average Bonchev–Trinajstić information content (AvgIpc) is 2.61. The normalized spacial score (nSPS) is 12.4. The summed E-state index contributed by atoms with van der Waals surface area (Å²) in [6.45, 7) is 3.06. The van der Waals surface area contributed by atoms with Crippen molar-refractivity contribution in [1.82, 2.24) is 7.96 Å². The molecule has 0 amide bonds. The first-order valence-corrected chi connectivity index (χ1v) is 6.64. The van der Waals surface area contributed by atoms with Crippen LogP contribution in [-0.2, 0) is 6.18 Å². The van der Waals surface area contributed by atoms with E-state index in [2.05, 4.69) is 23.9 Å². The minimum atomic E-state index is -4.37. The fourth-order valence-corrected chi connectivity index (χ4v) is 3.67. The number of alkyl halides is 3. The van der Waals surface area contributed by atoms with Crippen molar-refractivity contribution in [2.24, 2.45) is 0 Å². The number of hydrogen-bond donors (Lipinski definition) is 0. The molecule has 86 valence electrons. The number of rotatable bonds is 0. The summed E-state index contributed by atoms with van der Waals surface area (Å²) in [4.78, 5) is 0. The number of aryl methyl sites for hydroxylation is 2. The molecule has 2 nitrogen and oxygen atoms in total. The van der Waals surface area contributed by atoms with Gasteiger partial charge in [-0.25, -0.2) is 0 Å². The molecule has 0 saturated carbocycles. The van der Waals surface area contributed by atoms with Crippen molar-refractivity contribution in [1.29, 1.82) is 0 Å². The third-order valence-corrected chi connectivity index (χ3v) is 4.51. The maximum atomic E-state index is 12.9. The summed E-state index contributed by atoms with van der Waals surface area (Å²) in [7, 11) is 0. The summed E-state index contributed by atoms with van der Waals surface area (Å²) < 4.78 is 46.9. The first kappa shape index (κ1) is 12.1.